The monoisotopic (exact) mass is 343 g/mol. The Kier molecular flexibility index (Phi) is 3.98. The van der Waals surface area contributed by atoms with Crippen molar-refractivity contribution in [1.82, 2.24) is 25.1 Å². The van der Waals surface area contributed by atoms with Gasteiger partial charge in [-0.2, -0.15) is 5.10 Å². The number of hydrogen-bond acceptors (Lipinski definition) is 3. The van der Waals surface area contributed by atoms with E-state index in [4.69, 9.17) is 11.6 Å². The maximum atomic E-state index is 12.8. The molecule has 0 spiro atoms. The summed E-state index contributed by atoms with van der Waals surface area (Å²) in [6, 6.07) is 5.42. The quantitative estimate of drug-likeness (QED) is 0.767. The van der Waals surface area contributed by atoms with Gasteiger partial charge in [-0.05, 0) is 37.0 Å². The van der Waals surface area contributed by atoms with E-state index in [-0.39, 0.29) is 5.91 Å². The Balaban J connectivity index is 1.45. The number of aromatic nitrogens is 4. The van der Waals surface area contributed by atoms with Gasteiger partial charge in [-0.25, -0.2) is 4.98 Å². The van der Waals surface area contributed by atoms with Gasteiger partial charge in [0, 0.05) is 42.3 Å². The number of piperidine rings is 1. The molecule has 3 aromatic rings. The van der Waals surface area contributed by atoms with Crippen LogP contribution in [0.25, 0.3) is 10.9 Å². The Morgan fingerprint density at radius 1 is 1.33 bits per heavy atom. The van der Waals surface area contributed by atoms with Crippen LogP contribution in [0, 0.1) is 5.92 Å². The second-order valence-corrected chi connectivity index (χ2v) is 6.67. The number of halogens is 1. The summed E-state index contributed by atoms with van der Waals surface area (Å²) in [7, 11) is 0. The Labute approximate surface area is 144 Å². The number of aromatic amines is 2. The molecule has 3 heterocycles. The molecule has 6 nitrogen and oxygen atoms in total. The highest BCUT2D eigenvalue weighted by Crippen LogP contribution is 2.25. The minimum absolute atomic E-state index is 0.0278. The topological polar surface area (TPSA) is 77.7 Å². The first kappa shape index (κ1) is 15.2. The smallest absolute Gasteiger partial charge is 0.274 e. The number of benzene rings is 1. The zero-order chi connectivity index (χ0) is 16.5. The summed E-state index contributed by atoms with van der Waals surface area (Å²) < 4.78 is 0. The predicted molar refractivity (Wildman–Crippen MR) is 92.0 cm³/mol. The fourth-order valence-electron chi connectivity index (χ4n) is 3.32. The molecular weight excluding hydrogens is 326 g/mol. The molecule has 1 aliphatic rings. The van der Waals surface area contributed by atoms with Crippen molar-refractivity contribution in [3.05, 3.63) is 47.1 Å². The first-order valence-corrected chi connectivity index (χ1v) is 8.49. The fraction of sp³-hybridized carbons (Fsp3) is 0.353. The van der Waals surface area contributed by atoms with Gasteiger partial charge in [-0.3, -0.25) is 9.89 Å². The predicted octanol–water partition coefficient (Wildman–Crippen LogP) is 3.03. The van der Waals surface area contributed by atoms with Crippen molar-refractivity contribution >= 4 is 28.4 Å². The molecule has 1 aliphatic heterocycles. The maximum absolute atomic E-state index is 12.8. The Morgan fingerprint density at radius 3 is 2.92 bits per heavy atom. The molecule has 1 saturated heterocycles. The number of nitrogens with one attached hydrogen (secondary N) is 2. The second-order valence-electron chi connectivity index (χ2n) is 6.24. The highest BCUT2D eigenvalue weighted by molar-refractivity contribution is 6.31. The molecule has 0 aliphatic carbocycles. The van der Waals surface area contributed by atoms with Crippen LogP contribution in [0.15, 0.2) is 30.6 Å². The number of amides is 1. The number of fused-ring (bicyclic) bond motifs is 1. The molecule has 0 radical (unpaired) electrons. The number of nitrogens with zero attached hydrogens (tertiary/aromatic N) is 3. The summed E-state index contributed by atoms with van der Waals surface area (Å²) in [5.41, 5.74) is 1.28. The lowest BCUT2D eigenvalue weighted by Crippen LogP contribution is -2.39. The molecule has 1 amide bonds. The van der Waals surface area contributed by atoms with Gasteiger partial charge in [0.2, 0.25) is 0 Å². The summed E-state index contributed by atoms with van der Waals surface area (Å²) in [6.45, 7) is 1.50. The largest absolute Gasteiger partial charge is 0.349 e. The first-order valence-electron chi connectivity index (χ1n) is 8.12. The van der Waals surface area contributed by atoms with Gasteiger partial charge < -0.3 is 9.88 Å². The number of carbonyl (C=O) groups is 1. The molecule has 2 aromatic heterocycles. The molecule has 0 unspecified atom stereocenters. The van der Waals surface area contributed by atoms with Crippen molar-refractivity contribution in [2.24, 2.45) is 5.92 Å². The van der Waals surface area contributed by atoms with Crippen LogP contribution >= 0.6 is 11.6 Å². The summed E-state index contributed by atoms with van der Waals surface area (Å²) >= 11 is 6.05. The van der Waals surface area contributed by atoms with Crippen LogP contribution in [-0.2, 0) is 6.42 Å². The van der Waals surface area contributed by atoms with Crippen LogP contribution in [0.3, 0.4) is 0 Å². The van der Waals surface area contributed by atoms with E-state index in [0.29, 0.717) is 16.6 Å². The Bertz CT molecular complexity index is 849. The molecule has 24 heavy (non-hydrogen) atoms. The molecule has 2 N–H and O–H groups in total. The molecular formula is C17H18ClN5O. The molecule has 4 rings (SSSR count). The third-order valence-electron chi connectivity index (χ3n) is 4.67. The maximum Gasteiger partial charge on any atom is 0.274 e. The van der Waals surface area contributed by atoms with E-state index in [0.717, 1.165) is 49.1 Å². The van der Waals surface area contributed by atoms with Gasteiger partial charge in [-0.1, -0.05) is 11.6 Å². The zero-order valence-electron chi connectivity index (χ0n) is 13.1. The number of hydrogen-bond donors (Lipinski definition) is 2. The van der Waals surface area contributed by atoms with Crippen LogP contribution in [0.2, 0.25) is 5.02 Å². The normalized spacial score (nSPS) is 16.0. The van der Waals surface area contributed by atoms with Crippen molar-refractivity contribution in [1.29, 1.82) is 0 Å². The van der Waals surface area contributed by atoms with Crippen molar-refractivity contribution < 1.29 is 4.79 Å². The third kappa shape index (κ3) is 2.89. The lowest BCUT2D eigenvalue weighted by atomic mass is 9.93. The minimum atomic E-state index is -0.0278. The number of rotatable bonds is 3. The van der Waals surface area contributed by atoms with Gasteiger partial charge in [0.05, 0.1) is 5.52 Å². The molecule has 0 saturated carbocycles. The van der Waals surface area contributed by atoms with E-state index >= 15 is 0 Å². The van der Waals surface area contributed by atoms with E-state index in [9.17, 15) is 4.79 Å². The van der Waals surface area contributed by atoms with Crippen LogP contribution in [0.1, 0.15) is 29.2 Å². The molecule has 0 atom stereocenters. The average molecular weight is 344 g/mol. The number of carbonyl (C=O) groups excluding carboxylic acids is 1. The van der Waals surface area contributed by atoms with E-state index < -0.39 is 0 Å². The Morgan fingerprint density at radius 2 is 2.17 bits per heavy atom. The number of likely N-dealkylation sites (tertiary alicyclic amines) is 1. The van der Waals surface area contributed by atoms with Crippen LogP contribution in [0.5, 0.6) is 0 Å². The van der Waals surface area contributed by atoms with Gasteiger partial charge in [0.15, 0.2) is 5.69 Å². The van der Waals surface area contributed by atoms with Gasteiger partial charge in [0.1, 0.15) is 5.82 Å². The van der Waals surface area contributed by atoms with E-state index in [1.54, 1.807) is 18.3 Å². The number of H-pyrrole nitrogens is 2. The molecule has 1 aromatic carbocycles. The summed E-state index contributed by atoms with van der Waals surface area (Å²) in [6.07, 6.45) is 6.53. The summed E-state index contributed by atoms with van der Waals surface area (Å²) in [5, 5.41) is 8.50. The highest BCUT2D eigenvalue weighted by Gasteiger charge is 2.26. The molecule has 1 fully saturated rings. The molecule has 7 heteroatoms. The van der Waals surface area contributed by atoms with E-state index in [1.165, 1.54) is 0 Å². The van der Waals surface area contributed by atoms with Crippen LogP contribution < -0.4 is 0 Å². The summed E-state index contributed by atoms with van der Waals surface area (Å²) in [5.74, 6) is 1.55. The molecule has 0 bridgehead atoms. The van der Waals surface area contributed by atoms with E-state index in [1.807, 2.05) is 17.2 Å². The standard InChI is InChI=1S/C17H18ClN5O/c18-12-1-2-14-13(10-12)16(22-21-14)17(24)23-7-3-11(4-8-23)9-15-19-5-6-20-15/h1-2,5-6,10-11H,3-4,7-9H2,(H,19,20)(H,21,22). The Hall–Kier alpha value is -2.34. The molecule has 124 valence electrons. The SMILES string of the molecule is O=C(c1n[nH]c2ccc(Cl)cc12)N1CCC(Cc2ncc[nH]2)CC1. The van der Waals surface area contributed by atoms with Crippen LogP contribution in [-0.4, -0.2) is 44.1 Å². The van der Waals surface area contributed by atoms with Crippen molar-refractivity contribution in [3.8, 4) is 0 Å². The zero-order valence-corrected chi connectivity index (χ0v) is 13.9. The lowest BCUT2D eigenvalue weighted by Gasteiger charge is -2.31. The van der Waals surface area contributed by atoms with Gasteiger partial charge >= 0.3 is 0 Å². The highest BCUT2D eigenvalue weighted by atomic mass is 35.5. The van der Waals surface area contributed by atoms with Gasteiger partial charge in [-0.15, -0.1) is 0 Å². The van der Waals surface area contributed by atoms with E-state index in [2.05, 4.69) is 20.2 Å². The van der Waals surface area contributed by atoms with Gasteiger partial charge in [0.25, 0.3) is 5.91 Å². The number of imidazole rings is 1. The lowest BCUT2D eigenvalue weighted by molar-refractivity contribution is 0.0686. The third-order valence-corrected chi connectivity index (χ3v) is 4.90. The van der Waals surface area contributed by atoms with Crippen molar-refractivity contribution in [2.75, 3.05) is 13.1 Å². The van der Waals surface area contributed by atoms with Crippen molar-refractivity contribution in [2.45, 2.75) is 19.3 Å². The minimum Gasteiger partial charge on any atom is -0.349 e. The second kappa shape index (κ2) is 6.28. The average Bonchev–Trinajstić information content (AvgIpc) is 3.24. The van der Waals surface area contributed by atoms with Crippen LogP contribution in [0.4, 0.5) is 0 Å². The van der Waals surface area contributed by atoms with Crippen molar-refractivity contribution in [3.63, 3.8) is 0 Å². The first-order chi connectivity index (χ1) is 11.7. The summed E-state index contributed by atoms with van der Waals surface area (Å²) in [4.78, 5) is 22.1. The fourth-order valence-corrected chi connectivity index (χ4v) is 3.49.